The van der Waals surface area contributed by atoms with Crippen molar-refractivity contribution in [2.45, 2.75) is 68.4 Å². The topological polar surface area (TPSA) is 86.7 Å². The fourth-order valence-electron chi connectivity index (χ4n) is 3.41. The van der Waals surface area contributed by atoms with Gasteiger partial charge in [0.1, 0.15) is 4.90 Å². The van der Waals surface area contributed by atoms with Crippen LogP contribution in [0.5, 0.6) is 0 Å². The molecule has 1 aliphatic heterocycles. The Labute approximate surface area is 183 Å². The molecule has 1 aliphatic rings. The number of nitrogens with zero attached hydrogens (tertiary/aromatic N) is 1. The molecule has 0 amide bonds. The predicted molar refractivity (Wildman–Crippen MR) is 109 cm³/mol. The smallest absolute Gasteiger partial charge is 0.389 e. The number of aromatic carboxylic acids is 1. The highest BCUT2D eigenvalue weighted by molar-refractivity contribution is 7.89. The van der Waals surface area contributed by atoms with Crippen LogP contribution in [-0.4, -0.2) is 55.5 Å². The van der Waals surface area contributed by atoms with E-state index >= 15 is 0 Å². The van der Waals surface area contributed by atoms with Gasteiger partial charge in [0.25, 0.3) is 5.92 Å². The summed E-state index contributed by atoms with van der Waals surface area (Å²) in [4.78, 5) is 11.0. The van der Waals surface area contributed by atoms with Crippen LogP contribution in [0.4, 0.5) is 27.6 Å². The maximum atomic E-state index is 13.4. The summed E-state index contributed by atoms with van der Waals surface area (Å²) in [6.07, 6.45) is -3.88. The molecule has 0 saturated carbocycles. The first kappa shape index (κ1) is 26.3. The quantitative estimate of drug-likeness (QED) is 0.335. The molecule has 6 nitrogen and oxygen atoms in total. The number of hydrogen-bond donors (Lipinski definition) is 2. The van der Waals surface area contributed by atoms with E-state index in [0.717, 1.165) is 10.4 Å². The minimum absolute atomic E-state index is 0.0604. The maximum absolute atomic E-state index is 13.4. The van der Waals surface area contributed by atoms with Gasteiger partial charge in [0.15, 0.2) is 0 Å². The third-order valence-electron chi connectivity index (χ3n) is 5.25. The number of rotatable bonds is 11. The minimum atomic E-state index is -4.20. The first-order valence-corrected chi connectivity index (χ1v) is 11.8. The van der Waals surface area contributed by atoms with E-state index in [1.165, 1.54) is 12.1 Å². The molecule has 0 aliphatic carbocycles. The Morgan fingerprint density at radius 3 is 2.25 bits per heavy atom. The summed E-state index contributed by atoms with van der Waals surface area (Å²) in [6, 6.07) is 3.56. The Morgan fingerprint density at radius 1 is 1.06 bits per heavy atom. The van der Waals surface area contributed by atoms with E-state index in [1.807, 2.05) is 0 Å². The van der Waals surface area contributed by atoms with Crippen molar-refractivity contribution >= 4 is 21.7 Å². The van der Waals surface area contributed by atoms with Crippen LogP contribution < -0.4 is 5.32 Å². The number of anilines is 1. The molecule has 182 valence electrons. The normalized spacial score (nSPS) is 17.3. The SMILES string of the molecule is O=C(O)c1ccc(NCCCCCCCC(F)(F)F)c(S(=O)(=O)N2CCC(F)(F)CC2)c1. The lowest BCUT2D eigenvalue weighted by atomic mass is 10.1. The molecule has 1 saturated heterocycles. The van der Waals surface area contributed by atoms with Crippen molar-refractivity contribution < 1.29 is 40.3 Å². The average molecular weight is 487 g/mol. The number of nitrogens with one attached hydrogen (secondary N) is 1. The molecular formula is C20H27F5N2O4S. The molecule has 0 radical (unpaired) electrons. The molecule has 2 N–H and O–H groups in total. The van der Waals surface area contributed by atoms with Crippen molar-refractivity contribution in [3.05, 3.63) is 23.8 Å². The third-order valence-corrected chi connectivity index (χ3v) is 7.19. The summed E-state index contributed by atoms with van der Waals surface area (Å²) in [7, 11) is -4.20. The Bertz CT molecular complexity index is 880. The van der Waals surface area contributed by atoms with Crippen molar-refractivity contribution in [2.75, 3.05) is 25.0 Å². The van der Waals surface area contributed by atoms with E-state index in [9.17, 15) is 40.3 Å². The lowest BCUT2D eigenvalue weighted by Crippen LogP contribution is -2.42. The second-order valence-electron chi connectivity index (χ2n) is 7.84. The number of piperidine rings is 1. The van der Waals surface area contributed by atoms with Gasteiger partial charge in [-0.3, -0.25) is 0 Å². The van der Waals surface area contributed by atoms with Crippen LogP contribution in [0.2, 0.25) is 0 Å². The summed E-state index contributed by atoms with van der Waals surface area (Å²) < 4.78 is 90.2. The maximum Gasteiger partial charge on any atom is 0.389 e. The zero-order valence-electron chi connectivity index (χ0n) is 17.4. The van der Waals surface area contributed by atoms with Crippen LogP contribution >= 0.6 is 0 Å². The average Bonchev–Trinajstić information content (AvgIpc) is 2.68. The number of unbranched alkanes of at least 4 members (excludes halogenated alkanes) is 4. The van der Waals surface area contributed by atoms with E-state index < -0.39 is 47.4 Å². The van der Waals surface area contributed by atoms with Gasteiger partial charge in [-0.15, -0.1) is 0 Å². The number of sulfonamides is 1. The summed E-state index contributed by atoms with van der Waals surface area (Å²) in [6.45, 7) is -0.416. The molecule has 2 rings (SSSR count). The Morgan fingerprint density at radius 2 is 1.66 bits per heavy atom. The van der Waals surface area contributed by atoms with Gasteiger partial charge in [0.2, 0.25) is 10.0 Å². The number of benzene rings is 1. The van der Waals surface area contributed by atoms with Crippen LogP contribution in [-0.2, 0) is 10.0 Å². The number of alkyl halides is 5. The van der Waals surface area contributed by atoms with E-state index in [1.54, 1.807) is 0 Å². The Hall–Kier alpha value is -1.95. The van der Waals surface area contributed by atoms with Crippen molar-refractivity contribution in [3.63, 3.8) is 0 Å². The molecule has 1 heterocycles. The third kappa shape index (κ3) is 7.88. The molecule has 0 aromatic heterocycles. The molecule has 32 heavy (non-hydrogen) atoms. The van der Waals surface area contributed by atoms with Crippen molar-refractivity contribution in [1.82, 2.24) is 4.31 Å². The summed E-state index contributed by atoms with van der Waals surface area (Å²) in [5.41, 5.74) is -0.0921. The summed E-state index contributed by atoms with van der Waals surface area (Å²) >= 11 is 0. The van der Waals surface area contributed by atoms with Crippen LogP contribution in [0, 0.1) is 0 Å². The first-order valence-electron chi connectivity index (χ1n) is 10.4. The fourth-order valence-corrected chi connectivity index (χ4v) is 5.05. The summed E-state index contributed by atoms with van der Waals surface area (Å²) in [5.74, 6) is -4.26. The Kier molecular flexibility index (Phi) is 8.86. The van der Waals surface area contributed by atoms with Gasteiger partial charge in [-0.2, -0.15) is 17.5 Å². The van der Waals surface area contributed by atoms with Crippen LogP contribution in [0.3, 0.4) is 0 Å². The van der Waals surface area contributed by atoms with Crippen LogP contribution in [0.25, 0.3) is 0 Å². The molecule has 1 fully saturated rings. The van der Waals surface area contributed by atoms with Gasteiger partial charge in [-0.25, -0.2) is 22.0 Å². The second-order valence-corrected chi connectivity index (χ2v) is 9.74. The molecule has 0 unspecified atom stereocenters. The van der Waals surface area contributed by atoms with Gasteiger partial charge >= 0.3 is 12.1 Å². The minimum Gasteiger partial charge on any atom is -0.478 e. The highest BCUT2D eigenvalue weighted by Gasteiger charge is 2.39. The fraction of sp³-hybridized carbons (Fsp3) is 0.650. The van der Waals surface area contributed by atoms with Gasteiger partial charge in [-0.1, -0.05) is 19.3 Å². The van der Waals surface area contributed by atoms with Crippen LogP contribution in [0.15, 0.2) is 23.1 Å². The lowest BCUT2D eigenvalue weighted by molar-refractivity contribution is -0.135. The van der Waals surface area contributed by atoms with Gasteiger partial charge in [0.05, 0.1) is 11.3 Å². The van der Waals surface area contributed by atoms with E-state index in [4.69, 9.17) is 0 Å². The second kappa shape index (κ2) is 10.8. The Balaban J connectivity index is 2.00. The molecule has 12 heteroatoms. The summed E-state index contributed by atoms with van der Waals surface area (Å²) in [5, 5.41) is 12.1. The van der Waals surface area contributed by atoms with Crippen molar-refractivity contribution in [1.29, 1.82) is 0 Å². The molecular weight excluding hydrogens is 459 g/mol. The first-order chi connectivity index (χ1) is 14.8. The molecule has 0 bridgehead atoms. The molecule has 0 atom stereocenters. The largest absolute Gasteiger partial charge is 0.478 e. The predicted octanol–water partition coefficient (Wildman–Crippen LogP) is 5.12. The van der Waals surface area contributed by atoms with Crippen molar-refractivity contribution in [3.8, 4) is 0 Å². The number of halogens is 5. The van der Waals surface area contributed by atoms with Crippen LogP contribution in [0.1, 0.15) is 61.7 Å². The number of carboxylic acids is 1. The number of carbonyl (C=O) groups is 1. The standard InChI is InChI=1S/C20H27F5N2O4S/c21-19(22)9-12-27(13-10-19)32(30,31)17-14-15(18(28)29)6-7-16(17)26-11-5-3-1-2-4-8-20(23,24)25/h6-7,14,26H,1-5,8-13H2,(H,28,29). The van der Waals surface area contributed by atoms with E-state index in [2.05, 4.69) is 5.32 Å². The van der Waals surface area contributed by atoms with Crippen molar-refractivity contribution in [2.24, 2.45) is 0 Å². The van der Waals surface area contributed by atoms with E-state index in [-0.39, 0.29) is 35.7 Å². The lowest BCUT2D eigenvalue weighted by Gasteiger charge is -2.31. The van der Waals surface area contributed by atoms with Gasteiger partial charge < -0.3 is 10.4 Å². The van der Waals surface area contributed by atoms with E-state index in [0.29, 0.717) is 32.2 Å². The monoisotopic (exact) mass is 486 g/mol. The highest BCUT2D eigenvalue weighted by Crippen LogP contribution is 2.33. The van der Waals surface area contributed by atoms with Gasteiger partial charge in [0, 0.05) is 38.9 Å². The highest BCUT2D eigenvalue weighted by atomic mass is 32.2. The molecule has 1 aromatic rings. The molecule has 0 spiro atoms. The molecule has 1 aromatic carbocycles. The van der Waals surface area contributed by atoms with Gasteiger partial charge in [-0.05, 0) is 31.0 Å². The zero-order valence-corrected chi connectivity index (χ0v) is 18.2. The zero-order chi connectivity index (χ0) is 24.0. The number of carboxylic acid groups (broad SMARTS) is 1. The number of hydrogen-bond acceptors (Lipinski definition) is 4.